The second-order valence-electron chi connectivity index (χ2n) is 12.6. The molecule has 0 aliphatic heterocycles. The van der Waals surface area contributed by atoms with Crippen molar-refractivity contribution in [2.75, 3.05) is 7.11 Å². The fraction of sp³-hybridized carbons (Fsp3) is 0.862. The minimum absolute atomic E-state index is 0.0382. The molecule has 0 saturated heterocycles. The average molecular weight is 505 g/mol. The van der Waals surface area contributed by atoms with Crippen molar-refractivity contribution in [2.45, 2.75) is 105 Å². The Bertz CT molecular complexity index is 898. The fourth-order valence-electron chi connectivity index (χ4n) is 9.14. The van der Waals surface area contributed by atoms with Crippen LogP contribution in [-0.2, 0) is 33.4 Å². The van der Waals surface area contributed by atoms with E-state index >= 15 is 0 Å². The zero-order valence-corrected chi connectivity index (χ0v) is 22.8. The highest BCUT2D eigenvalue weighted by molar-refractivity contribution is 5.87. The van der Waals surface area contributed by atoms with Crippen LogP contribution in [0.25, 0.3) is 0 Å². The highest BCUT2D eigenvalue weighted by Crippen LogP contribution is 2.67. The SMILES string of the molecule is COC(=O)CC[C@H](C)[C@@H]1CC[C@@H]2[C@@H]3[C@@H](CC(=O)[C@]21C)[C@@]1(C)CC[C@H](OC(C)=O)C[C@@H]1C[C@H]3OC(C)=O. The summed E-state index contributed by atoms with van der Waals surface area (Å²) in [5.74, 6) is 0.785. The normalized spacial score (nSPS) is 42.4. The zero-order valence-electron chi connectivity index (χ0n) is 22.8. The van der Waals surface area contributed by atoms with E-state index in [1.165, 1.54) is 21.0 Å². The number of fused-ring (bicyclic) bond motifs is 5. The van der Waals surface area contributed by atoms with Crippen molar-refractivity contribution in [3.8, 4) is 0 Å². The number of hydrogen-bond donors (Lipinski definition) is 0. The third kappa shape index (κ3) is 4.60. The lowest BCUT2D eigenvalue weighted by Crippen LogP contribution is -2.62. The Labute approximate surface area is 215 Å². The number of carbonyl (C=O) groups is 4. The van der Waals surface area contributed by atoms with Gasteiger partial charge >= 0.3 is 17.9 Å². The standard InChI is InChI=1S/C29H44O7/c1-16(7-10-26(33)34-6)21-8-9-22-27-23(15-25(32)29(21,22)5)28(4)12-11-20(35-17(2)30)13-19(28)14-24(27)36-18(3)31/h16,19-24,27H,7-15H2,1-6H3/t16-,19+,20-,21-,22+,23+,24+,27+,28-,29-/m0/s1. The van der Waals surface area contributed by atoms with Crippen LogP contribution in [0, 0.1) is 46.3 Å². The van der Waals surface area contributed by atoms with Gasteiger partial charge in [-0.15, -0.1) is 0 Å². The molecule has 0 unspecified atom stereocenters. The first kappa shape index (κ1) is 27.1. The minimum Gasteiger partial charge on any atom is -0.469 e. The molecule has 0 spiro atoms. The van der Waals surface area contributed by atoms with E-state index in [1.807, 2.05) is 0 Å². The van der Waals surface area contributed by atoms with Crippen LogP contribution in [0.5, 0.6) is 0 Å². The van der Waals surface area contributed by atoms with E-state index in [-0.39, 0.29) is 71.0 Å². The second-order valence-corrected chi connectivity index (χ2v) is 12.6. The average Bonchev–Trinajstić information content (AvgIpc) is 3.16. The Morgan fingerprint density at radius 3 is 2.33 bits per heavy atom. The molecule has 4 aliphatic carbocycles. The van der Waals surface area contributed by atoms with E-state index in [2.05, 4.69) is 20.8 Å². The molecule has 7 nitrogen and oxygen atoms in total. The molecule has 0 amide bonds. The Kier molecular flexibility index (Phi) is 7.60. The molecule has 0 aromatic carbocycles. The summed E-state index contributed by atoms with van der Waals surface area (Å²) in [4.78, 5) is 49.7. The number of hydrogen-bond acceptors (Lipinski definition) is 7. The number of methoxy groups -OCH3 is 1. The molecule has 4 aliphatic rings. The molecule has 0 bridgehead atoms. The fourth-order valence-corrected chi connectivity index (χ4v) is 9.14. The van der Waals surface area contributed by atoms with Crippen molar-refractivity contribution in [1.29, 1.82) is 0 Å². The number of ether oxygens (including phenoxy) is 3. The zero-order chi connectivity index (χ0) is 26.4. The van der Waals surface area contributed by atoms with E-state index in [0.29, 0.717) is 25.0 Å². The molecule has 0 aromatic heterocycles. The lowest BCUT2D eigenvalue weighted by Gasteiger charge is -2.62. The van der Waals surface area contributed by atoms with Crippen LogP contribution >= 0.6 is 0 Å². The summed E-state index contributed by atoms with van der Waals surface area (Å²) in [6.07, 6.45) is 6.44. The summed E-state index contributed by atoms with van der Waals surface area (Å²) in [7, 11) is 1.41. The monoisotopic (exact) mass is 504 g/mol. The Morgan fingerprint density at radius 1 is 1.00 bits per heavy atom. The maximum Gasteiger partial charge on any atom is 0.305 e. The van der Waals surface area contributed by atoms with Crippen LogP contribution in [-0.4, -0.2) is 43.0 Å². The molecule has 202 valence electrons. The predicted molar refractivity (Wildman–Crippen MR) is 133 cm³/mol. The van der Waals surface area contributed by atoms with Gasteiger partial charge in [-0.05, 0) is 80.0 Å². The number of carbonyl (C=O) groups excluding carboxylic acids is 4. The third-order valence-corrected chi connectivity index (χ3v) is 10.9. The molecule has 4 saturated carbocycles. The first-order valence-electron chi connectivity index (χ1n) is 13.9. The summed E-state index contributed by atoms with van der Waals surface area (Å²) in [5.41, 5.74) is -0.503. The van der Waals surface area contributed by atoms with Gasteiger partial charge in [0.2, 0.25) is 0 Å². The molecular weight excluding hydrogens is 460 g/mol. The first-order valence-corrected chi connectivity index (χ1v) is 13.9. The van der Waals surface area contributed by atoms with Crippen molar-refractivity contribution in [2.24, 2.45) is 46.3 Å². The predicted octanol–water partition coefficient (Wildman–Crippen LogP) is 4.89. The van der Waals surface area contributed by atoms with Gasteiger partial charge in [0.15, 0.2) is 0 Å². The van der Waals surface area contributed by atoms with Gasteiger partial charge in [0.25, 0.3) is 0 Å². The van der Waals surface area contributed by atoms with Gasteiger partial charge in [0.05, 0.1) is 7.11 Å². The molecule has 0 aromatic rings. The van der Waals surface area contributed by atoms with Crippen LogP contribution < -0.4 is 0 Å². The van der Waals surface area contributed by atoms with Crippen LogP contribution in [0.1, 0.15) is 92.4 Å². The van der Waals surface area contributed by atoms with Gasteiger partial charge in [-0.25, -0.2) is 0 Å². The van der Waals surface area contributed by atoms with Gasteiger partial charge in [-0.2, -0.15) is 0 Å². The number of Topliss-reactive ketones (excluding diaryl/α,β-unsaturated/α-hetero) is 1. The molecule has 4 rings (SSSR count). The first-order chi connectivity index (χ1) is 16.9. The summed E-state index contributed by atoms with van der Waals surface area (Å²) < 4.78 is 16.5. The van der Waals surface area contributed by atoms with E-state index in [9.17, 15) is 19.2 Å². The maximum absolute atomic E-state index is 14.0. The van der Waals surface area contributed by atoms with Gasteiger partial charge in [0, 0.05) is 38.0 Å². The number of esters is 3. The van der Waals surface area contributed by atoms with Gasteiger partial charge in [0.1, 0.15) is 18.0 Å². The largest absolute Gasteiger partial charge is 0.469 e. The van der Waals surface area contributed by atoms with Crippen molar-refractivity contribution < 1.29 is 33.4 Å². The highest BCUT2D eigenvalue weighted by atomic mass is 16.5. The van der Waals surface area contributed by atoms with Crippen LogP contribution in [0.2, 0.25) is 0 Å². The van der Waals surface area contributed by atoms with Crippen molar-refractivity contribution in [1.82, 2.24) is 0 Å². The molecule has 36 heavy (non-hydrogen) atoms. The van der Waals surface area contributed by atoms with Crippen molar-refractivity contribution in [3.05, 3.63) is 0 Å². The topological polar surface area (TPSA) is 96.0 Å². The second kappa shape index (κ2) is 10.1. The molecule has 0 radical (unpaired) electrons. The number of ketones is 1. The van der Waals surface area contributed by atoms with Crippen molar-refractivity contribution >= 4 is 23.7 Å². The molecule has 10 atom stereocenters. The summed E-state index contributed by atoms with van der Waals surface area (Å²) in [6, 6.07) is 0. The van der Waals surface area contributed by atoms with Crippen LogP contribution in [0.15, 0.2) is 0 Å². The smallest absolute Gasteiger partial charge is 0.305 e. The quantitative estimate of drug-likeness (QED) is 0.375. The van der Waals surface area contributed by atoms with E-state index < -0.39 is 5.41 Å². The molecule has 0 heterocycles. The third-order valence-electron chi connectivity index (χ3n) is 10.9. The molecular formula is C29H44O7. The minimum atomic E-state index is -0.465. The lowest BCUT2D eigenvalue weighted by molar-refractivity contribution is -0.196. The van der Waals surface area contributed by atoms with E-state index in [1.54, 1.807) is 0 Å². The lowest BCUT2D eigenvalue weighted by atomic mass is 9.43. The van der Waals surface area contributed by atoms with E-state index in [4.69, 9.17) is 14.2 Å². The molecule has 4 fully saturated rings. The summed E-state index contributed by atoms with van der Waals surface area (Å²) in [6.45, 7) is 9.57. The van der Waals surface area contributed by atoms with Crippen molar-refractivity contribution in [3.63, 3.8) is 0 Å². The Morgan fingerprint density at radius 2 is 1.69 bits per heavy atom. The molecule has 7 heteroatoms. The van der Waals surface area contributed by atoms with Crippen LogP contribution in [0.3, 0.4) is 0 Å². The summed E-state index contributed by atoms with van der Waals surface area (Å²) >= 11 is 0. The van der Waals surface area contributed by atoms with Gasteiger partial charge in [-0.3, -0.25) is 19.2 Å². The molecule has 0 N–H and O–H groups in total. The Hall–Kier alpha value is -1.92. The Balaban J connectivity index is 1.62. The van der Waals surface area contributed by atoms with Gasteiger partial charge in [-0.1, -0.05) is 20.8 Å². The van der Waals surface area contributed by atoms with Gasteiger partial charge < -0.3 is 14.2 Å². The maximum atomic E-state index is 14.0. The van der Waals surface area contributed by atoms with Crippen LogP contribution in [0.4, 0.5) is 0 Å². The highest BCUT2D eigenvalue weighted by Gasteiger charge is 2.66. The van der Waals surface area contributed by atoms with E-state index in [0.717, 1.165) is 38.5 Å². The summed E-state index contributed by atoms with van der Waals surface area (Å²) in [5, 5.41) is 0. The number of rotatable bonds is 6.